The number of benzene rings is 3. The molecule has 0 spiro atoms. The molecular formula is C35H41NO2. The molecule has 0 aromatic heterocycles. The van der Waals surface area contributed by atoms with Crippen molar-refractivity contribution < 1.29 is 10.2 Å². The minimum Gasteiger partial charge on any atom is -0.508 e. The maximum atomic E-state index is 10.8. The van der Waals surface area contributed by atoms with Gasteiger partial charge in [-0.2, -0.15) is 0 Å². The van der Waals surface area contributed by atoms with Gasteiger partial charge >= 0.3 is 0 Å². The molecule has 2 N–H and O–H groups in total. The highest BCUT2D eigenvalue weighted by Gasteiger charge is 2.22. The van der Waals surface area contributed by atoms with Crippen molar-refractivity contribution in [3.63, 3.8) is 0 Å². The minimum atomic E-state index is 0.119. The average Bonchev–Trinajstić information content (AvgIpc) is 3.21. The summed E-state index contributed by atoms with van der Waals surface area (Å²) in [6, 6.07) is 22.4. The van der Waals surface area contributed by atoms with Crippen molar-refractivity contribution in [3.05, 3.63) is 131 Å². The molecule has 0 saturated carbocycles. The van der Waals surface area contributed by atoms with Crippen LogP contribution in [0.15, 0.2) is 103 Å². The van der Waals surface area contributed by atoms with E-state index in [4.69, 9.17) is 0 Å². The maximum Gasteiger partial charge on any atom is 0.119 e. The zero-order valence-corrected chi connectivity index (χ0v) is 23.0. The molecule has 1 aliphatic carbocycles. The molecule has 3 aromatic carbocycles. The lowest BCUT2D eigenvalue weighted by atomic mass is 9.85. The number of allylic oxidation sites excluding steroid dienone is 6. The van der Waals surface area contributed by atoms with E-state index in [1.165, 1.54) is 11.1 Å². The van der Waals surface area contributed by atoms with Crippen LogP contribution in [0.25, 0.3) is 0 Å². The Bertz CT molecular complexity index is 1290. The van der Waals surface area contributed by atoms with Crippen LogP contribution in [0.1, 0.15) is 65.8 Å². The van der Waals surface area contributed by atoms with E-state index in [0.29, 0.717) is 11.5 Å². The van der Waals surface area contributed by atoms with E-state index >= 15 is 0 Å². The monoisotopic (exact) mass is 507 g/mol. The smallest absolute Gasteiger partial charge is 0.119 e. The Morgan fingerprint density at radius 3 is 2.00 bits per heavy atom. The summed E-state index contributed by atoms with van der Waals surface area (Å²) in [5.74, 6) is 0.973. The lowest BCUT2D eigenvalue weighted by molar-refractivity contribution is 0.271. The topological polar surface area (TPSA) is 43.7 Å². The third-order valence-corrected chi connectivity index (χ3v) is 7.64. The van der Waals surface area contributed by atoms with Gasteiger partial charge in [0.1, 0.15) is 11.5 Å². The maximum absolute atomic E-state index is 10.8. The molecule has 2 atom stereocenters. The third-order valence-electron chi connectivity index (χ3n) is 7.64. The molecule has 38 heavy (non-hydrogen) atoms. The third kappa shape index (κ3) is 7.05. The summed E-state index contributed by atoms with van der Waals surface area (Å²) >= 11 is 0. The second kappa shape index (κ2) is 13.3. The molecule has 3 nitrogen and oxygen atoms in total. The Hall–Kier alpha value is -3.56. The van der Waals surface area contributed by atoms with Crippen molar-refractivity contribution in [2.45, 2.75) is 51.9 Å². The molecule has 0 bridgehead atoms. The van der Waals surface area contributed by atoms with Gasteiger partial charge in [0.15, 0.2) is 0 Å². The highest BCUT2D eigenvalue weighted by atomic mass is 16.3. The van der Waals surface area contributed by atoms with Crippen LogP contribution >= 0.6 is 0 Å². The van der Waals surface area contributed by atoms with Crippen molar-refractivity contribution in [1.82, 2.24) is 4.90 Å². The number of phenols is 2. The van der Waals surface area contributed by atoms with E-state index in [2.05, 4.69) is 92.4 Å². The molecule has 198 valence electrons. The Balaban J connectivity index is 1.54. The first kappa shape index (κ1) is 27.5. The number of phenolic OH excluding ortho intramolecular Hbond substituents is 2. The van der Waals surface area contributed by atoms with Crippen LogP contribution < -0.4 is 0 Å². The number of aromatic hydroxyl groups is 2. The van der Waals surface area contributed by atoms with Crippen molar-refractivity contribution in [2.75, 3.05) is 19.6 Å². The fraction of sp³-hybridized carbons (Fsp3) is 0.314. The van der Waals surface area contributed by atoms with E-state index in [0.717, 1.165) is 61.2 Å². The molecule has 1 aliphatic rings. The van der Waals surface area contributed by atoms with Gasteiger partial charge in [-0.15, -0.1) is 0 Å². The molecular weight excluding hydrogens is 466 g/mol. The van der Waals surface area contributed by atoms with Crippen molar-refractivity contribution in [1.29, 1.82) is 0 Å². The second-order valence-electron chi connectivity index (χ2n) is 10.4. The Morgan fingerprint density at radius 2 is 1.37 bits per heavy atom. The molecule has 0 heterocycles. The molecule has 0 radical (unpaired) electrons. The van der Waals surface area contributed by atoms with E-state index in [-0.39, 0.29) is 11.8 Å². The van der Waals surface area contributed by atoms with E-state index in [1.807, 2.05) is 30.3 Å². The van der Waals surface area contributed by atoms with Gasteiger partial charge in [0.05, 0.1) is 0 Å². The summed E-state index contributed by atoms with van der Waals surface area (Å²) < 4.78 is 0. The summed E-state index contributed by atoms with van der Waals surface area (Å²) in [7, 11) is 0. The highest BCUT2D eigenvalue weighted by Crippen LogP contribution is 2.37. The Kier molecular flexibility index (Phi) is 9.62. The van der Waals surface area contributed by atoms with Crippen molar-refractivity contribution in [3.8, 4) is 11.5 Å². The molecule has 3 aromatic rings. The zero-order valence-electron chi connectivity index (χ0n) is 23.0. The first-order valence-corrected chi connectivity index (χ1v) is 13.9. The predicted octanol–water partition coefficient (Wildman–Crippen LogP) is 8.17. The number of hydrogen-bond acceptors (Lipinski definition) is 3. The van der Waals surface area contributed by atoms with Crippen LogP contribution in [0.4, 0.5) is 0 Å². The molecule has 0 amide bonds. The molecule has 4 rings (SSSR count). The first-order chi connectivity index (χ1) is 18.5. The van der Waals surface area contributed by atoms with Gasteiger partial charge in [0.2, 0.25) is 0 Å². The number of rotatable bonds is 11. The standard InChI is InChI=1S/C35H41NO2/c1-4-36(23-21-31(29-14-10-7-11-15-29)33-25-27(3)17-19-35(33)38)22-20-30(28-12-8-5-6-9-13-28)32-24-26(2)16-18-34(32)37/h5,7-19,24-25,30-31,37-38H,4,6,20-23H2,1-3H3. The Morgan fingerprint density at radius 1 is 0.763 bits per heavy atom. The van der Waals surface area contributed by atoms with Gasteiger partial charge in [-0.25, -0.2) is 0 Å². The van der Waals surface area contributed by atoms with Crippen LogP contribution in [0.3, 0.4) is 0 Å². The minimum absolute atomic E-state index is 0.119. The summed E-state index contributed by atoms with van der Waals surface area (Å²) in [6.07, 6.45) is 13.7. The van der Waals surface area contributed by atoms with Gasteiger partial charge in [-0.05, 0) is 76.0 Å². The van der Waals surface area contributed by atoms with E-state index in [1.54, 1.807) is 0 Å². The molecule has 0 saturated heterocycles. The van der Waals surface area contributed by atoms with Gasteiger partial charge in [0.25, 0.3) is 0 Å². The quantitative estimate of drug-likeness (QED) is 0.275. The van der Waals surface area contributed by atoms with Crippen molar-refractivity contribution in [2.24, 2.45) is 0 Å². The first-order valence-electron chi connectivity index (χ1n) is 13.9. The molecule has 3 heteroatoms. The fourth-order valence-electron chi connectivity index (χ4n) is 5.47. The second-order valence-corrected chi connectivity index (χ2v) is 10.4. The van der Waals surface area contributed by atoms with Crippen molar-refractivity contribution >= 4 is 0 Å². The summed E-state index contributed by atoms with van der Waals surface area (Å²) in [5, 5.41) is 21.6. The van der Waals surface area contributed by atoms with Gasteiger partial charge in [0, 0.05) is 23.0 Å². The number of nitrogens with zero attached hydrogens (tertiary/aromatic N) is 1. The molecule has 0 aliphatic heterocycles. The summed E-state index contributed by atoms with van der Waals surface area (Å²) in [6.45, 7) is 9.17. The summed E-state index contributed by atoms with van der Waals surface area (Å²) in [4.78, 5) is 2.50. The SMILES string of the molecule is CCN(CCC(C1=CC=CCC=C1)c1cc(C)ccc1O)CCC(c1ccccc1)c1cc(C)ccc1O. The normalized spacial score (nSPS) is 14.8. The lowest BCUT2D eigenvalue weighted by Gasteiger charge is -2.28. The number of aryl methyl sites for hydroxylation is 2. The van der Waals surface area contributed by atoms with Gasteiger partial charge in [-0.1, -0.05) is 103 Å². The average molecular weight is 508 g/mol. The van der Waals surface area contributed by atoms with E-state index in [9.17, 15) is 10.2 Å². The van der Waals surface area contributed by atoms with Crippen LogP contribution in [0.2, 0.25) is 0 Å². The lowest BCUT2D eigenvalue weighted by Crippen LogP contribution is -2.28. The van der Waals surface area contributed by atoms with Gasteiger partial charge < -0.3 is 15.1 Å². The molecule has 2 unspecified atom stereocenters. The fourth-order valence-corrected chi connectivity index (χ4v) is 5.47. The predicted molar refractivity (Wildman–Crippen MR) is 159 cm³/mol. The summed E-state index contributed by atoms with van der Waals surface area (Å²) in [5.41, 5.74) is 6.78. The van der Waals surface area contributed by atoms with Gasteiger partial charge in [-0.3, -0.25) is 0 Å². The molecule has 0 fully saturated rings. The number of hydrogen-bond donors (Lipinski definition) is 2. The highest BCUT2D eigenvalue weighted by molar-refractivity contribution is 5.46. The van der Waals surface area contributed by atoms with E-state index < -0.39 is 0 Å². The van der Waals surface area contributed by atoms with Crippen LogP contribution in [0.5, 0.6) is 11.5 Å². The van der Waals surface area contributed by atoms with Crippen LogP contribution in [-0.4, -0.2) is 34.7 Å². The largest absolute Gasteiger partial charge is 0.508 e. The zero-order chi connectivity index (χ0) is 26.9. The van der Waals surface area contributed by atoms with Crippen LogP contribution in [0, 0.1) is 13.8 Å². The Labute approximate surface area is 228 Å². The van der Waals surface area contributed by atoms with Crippen LogP contribution in [-0.2, 0) is 0 Å².